The van der Waals surface area contributed by atoms with E-state index in [0.717, 1.165) is 12.8 Å². The molecule has 1 fully saturated rings. The zero-order valence-electron chi connectivity index (χ0n) is 10.2. The van der Waals surface area contributed by atoms with Crippen molar-refractivity contribution in [2.24, 2.45) is 0 Å². The van der Waals surface area contributed by atoms with Gasteiger partial charge in [0.05, 0.1) is 12.6 Å². The van der Waals surface area contributed by atoms with Crippen molar-refractivity contribution in [3.8, 4) is 0 Å². The number of hydrogen-bond donors (Lipinski definition) is 2. The first-order valence-electron chi connectivity index (χ1n) is 5.64. The highest BCUT2D eigenvalue weighted by atomic mass is 16.6. The molecule has 2 N–H and O–H groups in total. The van der Waals surface area contributed by atoms with E-state index in [-0.39, 0.29) is 18.8 Å². The van der Waals surface area contributed by atoms with Crippen LogP contribution in [0.1, 0.15) is 33.6 Å². The Labute approximate surface area is 96.1 Å². The molecule has 0 aromatic heterocycles. The molecule has 5 nitrogen and oxygen atoms in total. The summed E-state index contributed by atoms with van der Waals surface area (Å²) in [6.07, 6.45) is 0.921. The Balaban J connectivity index is 2.42. The zero-order chi connectivity index (χ0) is 12.2. The summed E-state index contributed by atoms with van der Waals surface area (Å²) < 4.78 is 10.5. The molecule has 1 aliphatic heterocycles. The molecule has 1 aliphatic rings. The summed E-state index contributed by atoms with van der Waals surface area (Å²) in [5.41, 5.74) is -0.506. The van der Waals surface area contributed by atoms with Gasteiger partial charge < -0.3 is 19.9 Å². The Kier molecular flexibility index (Phi) is 4.56. The lowest BCUT2D eigenvalue weighted by molar-refractivity contribution is -0.0412. The monoisotopic (exact) mass is 231 g/mol. The van der Waals surface area contributed by atoms with Crippen LogP contribution in [-0.2, 0) is 9.47 Å². The van der Waals surface area contributed by atoms with Crippen molar-refractivity contribution in [3.05, 3.63) is 0 Å². The van der Waals surface area contributed by atoms with Crippen molar-refractivity contribution in [2.45, 2.75) is 51.4 Å². The predicted molar refractivity (Wildman–Crippen MR) is 59.2 cm³/mol. The van der Waals surface area contributed by atoms with Crippen molar-refractivity contribution in [1.82, 2.24) is 5.32 Å². The van der Waals surface area contributed by atoms with Crippen LogP contribution in [0.4, 0.5) is 4.79 Å². The van der Waals surface area contributed by atoms with E-state index < -0.39 is 11.7 Å². The van der Waals surface area contributed by atoms with Gasteiger partial charge in [-0.15, -0.1) is 0 Å². The minimum atomic E-state index is -0.506. The molecule has 0 aliphatic carbocycles. The van der Waals surface area contributed by atoms with Crippen LogP contribution in [0.3, 0.4) is 0 Å². The maximum absolute atomic E-state index is 11.5. The lowest BCUT2D eigenvalue weighted by atomic mass is 10.0. The largest absolute Gasteiger partial charge is 0.444 e. The third-order valence-corrected chi connectivity index (χ3v) is 2.32. The van der Waals surface area contributed by atoms with Gasteiger partial charge in [0.1, 0.15) is 11.7 Å². The number of aliphatic hydroxyl groups is 1. The van der Waals surface area contributed by atoms with Crippen LogP contribution >= 0.6 is 0 Å². The van der Waals surface area contributed by atoms with Crippen LogP contribution < -0.4 is 5.32 Å². The van der Waals surface area contributed by atoms with Gasteiger partial charge in [-0.1, -0.05) is 0 Å². The van der Waals surface area contributed by atoms with Gasteiger partial charge in [0, 0.05) is 6.61 Å². The highest BCUT2D eigenvalue weighted by Crippen LogP contribution is 2.14. The van der Waals surface area contributed by atoms with Gasteiger partial charge in [-0.2, -0.15) is 0 Å². The van der Waals surface area contributed by atoms with Crippen molar-refractivity contribution < 1.29 is 19.4 Å². The van der Waals surface area contributed by atoms with Crippen molar-refractivity contribution in [3.63, 3.8) is 0 Å². The SMILES string of the molecule is CC(C)(C)OC(=O)NC1CCCOC1CO. The summed E-state index contributed by atoms with van der Waals surface area (Å²) in [5.74, 6) is 0. The molecule has 0 bridgehead atoms. The van der Waals surface area contributed by atoms with Crippen molar-refractivity contribution in [1.29, 1.82) is 0 Å². The van der Waals surface area contributed by atoms with Gasteiger partial charge in [0.2, 0.25) is 0 Å². The summed E-state index contributed by atoms with van der Waals surface area (Å²) >= 11 is 0. The molecular weight excluding hydrogens is 210 g/mol. The van der Waals surface area contributed by atoms with E-state index in [4.69, 9.17) is 14.6 Å². The fourth-order valence-corrected chi connectivity index (χ4v) is 1.64. The second-order valence-corrected chi connectivity index (χ2v) is 4.99. The number of carbonyl (C=O) groups excluding carboxylic acids is 1. The van der Waals surface area contributed by atoms with E-state index in [1.807, 2.05) is 20.8 Å². The molecule has 0 aromatic rings. The van der Waals surface area contributed by atoms with Gasteiger partial charge in [-0.3, -0.25) is 0 Å². The topological polar surface area (TPSA) is 67.8 Å². The summed E-state index contributed by atoms with van der Waals surface area (Å²) in [6.45, 7) is 5.99. The van der Waals surface area contributed by atoms with Crippen LogP contribution in [0, 0.1) is 0 Å². The predicted octanol–water partition coefficient (Wildman–Crippen LogP) is 1.05. The number of nitrogens with one attached hydrogen (secondary N) is 1. The maximum atomic E-state index is 11.5. The van der Waals surface area contributed by atoms with Crippen LogP contribution in [0.2, 0.25) is 0 Å². The first-order valence-corrected chi connectivity index (χ1v) is 5.64. The number of ether oxygens (including phenoxy) is 2. The second kappa shape index (κ2) is 5.50. The first kappa shape index (κ1) is 13.3. The molecule has 0 spiro atoms. The molecule has 2 atom stereocenters. The van der Waals surface area contributed by atoms with E-state index in [1.54, 1.807) is 0 Å². The molecule has 2 unspecified atom stereocenters. The molecule has 1 heterocycles. The van der Waals surface area contributed by atoms with E-state index in [9.17, 15) is 4.79 Å². The number of amides is 1. The second-order valence-electron chi connectivity index (χ2n) is 4.99. The van der Waals surface area contributed by atoms with E-state index in [2.05, 4.69) is 5.32 Å². The highest BCUT2D eigenvalue weighted by molar-refractivity contribution is 5.68. The summed E-state index contributed by atoms with van der Waals surface area (Å²) in [4.78, 5) is 11.5. The molecule has 0 saturated carbocycles. The molecule has 1 saturated heterocycles. The van der Waals surface area contributed by atoms with Crippen LogP contribution in [0.15, 0.2) is 0 Å². The Morgan fingerprint density at radius 3 is 2.81 bits per heavy atom. The summed E-state index contributed by atoms with van der Waals surface area (Å²) in [7, 11) is 0. The standard InChI is InChI=1S/C11H21NO4/c1-11(2,3)16-10(14)12-8-5-4-6-15-9(8)7-13/h8-9,13H,4-7H2,1-3H3,(H,12,14). The number of rotatable bonds is 2. The number of carbonyl (C=O) groups is 1. The van der Waals surface area contributed by atoms with Gasteiger partial charge in [0.25, 0.3) is 0 Å². The lowest BCUT2D eigenvalue weighted by Gasteiger charge is -2.31. The Morgan fingerprint density at radius 2 is 2.25 bits per heavy atom. The van der Waals surface area contributed by atoms with E-state index in [1.165, 1.54) is 0 Å². The van der Waals surface area contributed by atoms with Gasteiger partial charge in [-0.05, 0) is 33.6 Å². The van der Waals surface area contributed by atoms with Crippen LogP contribution in [-0.4, -0.2) is 42.2 Å². The minimum Gasteiger partial charge on any atom is -0.444 e. The molecular formula is C11H21NO4. The average molecular weight is 231 g/mol. The summed E-state index contributed by atoms with van der Waals surface area (Å²) in [5, 5.41) is 11.8. The van der Waals surface area contributed by atoms with Crippen LogP contribution in [0.25, 0.3) is 0 Å². The molecule has 94 valence electrons. The van der Waals surface area contributed by atoms with E-state index >= 15 is 0 Å². The molecule has 1 rings (SSSR count). The smallest absolute Gasteiger partial charge is 0.407 e. The number of aliphatic hydroxyl groups excluding tert-OH is 1. The van der Waals surface area contributed by atoms with Crippen molar-refractivity contribution in [2.75, 3.05) is 13.2 Å². The highest BCUT2D eigenvalue weighted by Gasteiger charge is 2.28. The molecule has 0 radical (unpaired) electrons. The fourth-order valence-electron chi connectivity index (χ4n) is 1.64. The third kappa shape index (κ3) is 4.37. The first-order chi connectivity index (χ1) is 7.42. The molecule has 1 amide bonds. The quantitative estimate of drug-likeness (QED) is 0.745. The normalized spacial score (nSPS) is 26.2. The zero-order valence-corrected chi connectivity index (χ0v) is 10.2. The van der Waals surface area contributed by atoms with Gasteiger partial charge in [-0.25, -0.2) is 4.79 Å². The lowest BCUT2D eigenvalue weighted by Crippen LogP contribution is -2.50. The minimum absolute atomic E-state index is 0.0829. The van der Waals surface area contributed by atoms with Crippen LogP contribution in [0.5, 0.6) is 0 Å². The number of alkyl carbamates (subject to hydrolysis) is 1. The molecule has 5 heteroatoms. The number of hydrogen-bond acceptors (Lipinski definition) is 4. The van der Waals surface area contributed by atoms with E-state index in [0.29, 0.717) is 6.61 Å². The Bertz CT molecular complexity index is 237. The Hall–Kier alpha value is -0.810. The Morgan fingerprint density at radius 1 is 1.56 bits per heavy atom. The summed E-state index contributed by atoms with van der Waals surface area (Å²) in [6, 6.07) is -0.159. The average Bonchev–Trinajstić information content (AvgIpc) is 2.15. The van der Waals surface area contributed by atoms with Gasteiger partial charge in [0.15, 0.2) is 0 Å². The third-order valence-electron chi connectivity index (χ3n) is 2.32. The fraction of sp³-hybridized carbons (Fsp3) is 0.909. The molecule has 0 aromatic carbocycles. The van der Waals surface area contributed by atoms with Gasteiger partial charge >= 0.3 is 6.09 Å². The van der Waals surface area contributed by atoms with Crippen molar-refractivity contribution >= 4 is 6.09 Å². The molecule has 16 heavy (non-hydrogen) atoms. The maximum Gasteiger partial charge on any atom is 0.407 e.